The molecule has 108 valence electrons. The van der Waals surface area contributed by atoms with E-state index in [-0.39, 0.29) is 18.6 Å². The lowest BCUT2D eigenvalue weighted by Crippen LogP contribution is -2.34. The van der Waals surface area contributed by atoms with Crippen LogP contribution in [0.3, 0.4) is 0 Å². The van der Waals surface area contributed by atoms with Crippen LogP contribution in [0.25, 0.3) is 0 Å². The average Bonchev–Trinajstić information content (AvgIpc) is 2.92. The Kier molecular flexibility index (Phi) is 5.68. The van der Waals surface area contributed by atoms with Crippen LogP contribution in [0.4, 0.5) is 0 Å². The molecule has 1 saturated carbocycles. The van der Waals surface area contributed by atoms with Crippen molar-refractivity contribution in [2.45, 2.75) is 31.7 Å². The number of nitrogens with one attached hydrogen (secondary N) is 1. The molecule has 0 aliphatic heterocycles. The molecule has 0 saturated heterocycles. The third kappa shape index (κ3) is 4.39. The molecular weight excluding hydrogens is 299 g/mol. The largest absolute Gasteiger partial charge is 0.386 e. The van der Waals surface area contributed by atoms with E-state index < -0.39 is 0 Å². The lowest BCUT2D eigenvalue weighted by molar-refractivity contribution is -0.126. The standard InChI is InChI=1S/C14H16Cl2N2O2/c15-12-7-3-4-10(14(12)16)8-17-20-9-13(19)18-11-5-1-2-6-11/h3-4,7-8,11H,1-2,5-6,9H2,(H,18,19)/b17-8-. The molecule has 0 heterocycles. The predicted molar refractivity (Wildman–Crippen MR) is 80.4 cm³/mol. The van der Waals surface area contributed by atoms with E-state index in [1.54, 1.807) is 18.2 Å². The number of rotatable bonds is 5. The predicted octanol–water partition coefficient (Wildman–Crippen LogP) is 3.40. The second-order valence-corrected chi connectivity index (χ2v) is 5.49. The van der Waals surface area contributed by atoms with Crippen molar-refractivity contribution < 1.29 is 9.63 Å². The van der Waals surface area contributed by atoms with Gasteiger partial charge in [-0.25, -0.2) is 0 Å². The molecule has 0 aromatic heterocycles. The molecule has 4 nitrogen and oxygen atoms in total. The topological polar surface area (TPSA) is 50.7 Å². The smallest absolute Gasteiger partial charge is 0.260 e. The van der Waals surface area contributed by atoms with Gasteiger partial charge in [-0.1, -0.05) is 53.3 Å². The first-order valence-electron chi connectivity index (χ1n) is 6.55. The van der Waals surface area contributed by atoms with Crippen LogP contribution in [0.2, 0.25) is 10.0 Å². The number of nitrogens with zero attached hydrogens (tertiary/aromatic N) is 1. The Labute approximate surface area is 128 Å². The summed E-state index contributed by atoms with van der Waals surface area (Å²) in [5, 5.41) is 7.51. The Morgan fingerprint density at radius 2 is 2.15 bits per heavy atom. The van der Waals surface area contributed by atoms with Gasteiger partial charge in [0.1, 0.15) is 0 Å². The van der Waals surface area contributed by atoms with Gasteiger partial charge in [-0.2, -0.15) is 0 Å². The van der Waals surface area contributed by atoms with E-state index in [2.05, 4.69) is 10.5 Å². The van der Waals surface area contributed by atoms with Gasteiger partial charge in [0.25, 0.3) is 5.91 Å². The number of carbonyl (C=O) groups is 1. The van der Waals surface area contributed by atoms with Gasteiger partial charge in [-0.3, -0.25) is 4.79 Å². The van der Waals surface area contributed by atoms with Crippen LogP contribution in [-0.2, 0) is 9.63 Å². The third-order valence-corrected chi connectivity index (χ3v) is 4.00. The van der Waals surface area contributed by atoms with E-state index >= 15 is 0 Å². The molecule has 6 heteroatoms. The number of halogens is 2. The van der Waals surface area contributed by atoms with Crippen LogP contribution in [0.5, 0.6) is 0 Å². The number of amides is 1. The summed E-state index contributed by atoms with van der Waals surface area (Å²) in [6.45, 7) is -0.0921. The molecule has 0 radical (unpaired) electrons. The zero-order valence-electron chi connectivity index (χ0n) is 10.9. The number of oxime groups is 1. The SMILES string of the molecule is O=C(CO/N=C\c1cccc(Cl)c1Cl)NC1CCCC1. The zero-order valence-corrected chi connectivity index (χ0v) is 12.5. The second kappa shape index (κ2) is 7.50. The maximum atomic E-state index is 11.6. The molecular formula is C14H16Cl2N2O2. The number of carbonyl (C=O) groups excluding carboxylic acids is 1. The van der Waals surface area contributed by atoms with Crippen LogP contribution in [-0.4, -0.2) is 24.8 Å². The maximum absolute atomic E-state index is 11.6. The first kappa shape index (κ1) is 15.1. The third-order valence-electron chi connectivity index (χ3n) is 3.16. The van der Waals surface area contributed by atoms with Crippen LogP contribution >= 0.6 is 23.2 Å². The Hall–Kier alpha value is -1.26. The van der Waals surface area contributed by atoms with Crippen molar-refractivity contribution in [2.24, 2.45) is 5.16 Å². The molecule has 0 bridgehead atoms. The molecule has 0 unspecified atom stereocenters. The lowest BCUT2D eigenvalue weighted by atomic mass is 10.2. The van der Waals surface area contributed by atoms with E-state index in [1.807, 2.05) is 0 Å². The quantitative estimate of drug-likeness (QED) is 0.669. The summed E-state index contributed by atoms with van der Waals surface area (Å²) in [6, 6.07) is 5.51. The summed E-state index contributed by atoms with van der Waals surface area (Å²) in [4.78, 5) is 16.5. The van der Waals surface area contributed by atoms with Gasteiger partial charge in [-0.05, 0) is 18.9 Å². The fourth-order valence-corrected chi connectivity index (χ4v) is 2.51. The second-order valence-electron chi connectivity index (χ2n) is 4.70. The maximum Gasteiger partial charge on any atom is 0.260 e. The molecule has 0 spiro atoms. The van der Waals surface area contributed by atoms with Crippen LogP contribution in [0.15, 0.2) is 23.4 Å². The van der Waals surface area contributed by atoms with Crippen LogP contribution < -0.4 is 5.32 Å². The first-order valence-corrected chi connectivity index (χ1v) is 7.31. The van der Waals surface area contributed by atoms with Gasteiger partial charge < -0.3 is 10.2 Å². The van der Waals surface area contributed by atoms with Crippen LogP contribution in [0, 0.1) is 0 Å². The summed E-state index contributed by atoms with van der Waals surface area (Å²) in [7, 11) is 0. The average molecular weight is 315 g/mol. The van der Waals surface area contributed by atoms with Gasteiger partial charge >= 0.3 is 0 Å². The molecule has 0 atom stereocenters. The van der Waals surface area contributed by atoms with Gasteiger partial charge in [0.2, 0.25) is 0 Å². The van der Waals surface area contributed by atoms with E-state index in [0.717, 1.165) is 12.8 Å². The van der Waals surface area contributed by atoms with Crippen molar-refractivity contribution in [1.29, 1.82) is 0 Å². The highest BCUT2D eigenvalue weighted by molar-refractivity contribution is 6.43. The van der Waals surface area contributed by atoms with Crippen molar-refractivity contribution in [1.82, 2.24) is 5.32 Å². The fourth-order valence-electron chi connectivity index (χ4n) is 2.15. The molecule has 1 amide bonds. The first-order chi connectivity index (χ1) is 9.66. The molecule has 2 rings (SSSR count). The van der Waals surface area contributed by atoms with Crippen molar-refractivity contribution in [3.05, 3.63) is 33.8 Å². The Morgan fingerprint density at radius 3 is 2.90 bits per heavy atom. The van der Waals surface area contributed by atoms with Crippen molar-refractivity contribution in [3.63, 3.8) is 0 Å². The van der Waals surface area contributed by atoms with E-state index in [0.29, 0.717) is 15.6 Å². The Bertz CT molecular complexity index is 500. The number of benzene rings is 1. The van der Waals surface area contributed by atoms with Crippen molar-refractivity contribution in [2.75, 3.05) is 6.61 Å². The molecule has 1 fully saturated rings. The van der Waals surface area contributed by atoms with Gasteiger partial charge in [0.15, 0.2) is 6.61 Å². The van der Waals surface area contributed by atoms with E-state index in [1.165, 1.54) is 19.1 Å². The van der Waals surface area contributed by atoms with E-state index in [9.17, 15) is 4.79 Å². The highest BCUT2D eigenvalue weighted by atomic mass is 35.5. The summed E-state index contributed by atoms with van der Waals surface area (Å²) < 4.78 is 0. The molecule has 1 aliphatic carbocycles. The highest BCUT2D eigenvalue weighted by Crippen LogP contribution is 2.24. The Morgan fingerprint density at radius 1 is 1.40 bits per heavy atom. The van der Waals surface area contributed by atoms with Gasteiger partial charge in [-0.15, -0.1) is 0 Å². The summed E-state index contributed by atoms with van der Waals surface area (Å²) in [5.74, 6) is -0.147. The zero-order chi connectivity index (χ0) is 14.4. The normalized spacial score (nSPS) is 15.7. The van der Waals surface area contributed by atoms with Gasteiger partial charge in [0.05, 0.1) is 16.3 Å². The summed E-state index contributed by atoms with van der Waals surface area (Å²) >= 11 is 11.9. The van der Waals surface area contributed by atoms with Crippen molar-refractivity contribution in [3.8, 4) is 0 Å². The molecule has 1 N–H and O–H groups in total. The highest BCUT2D eigenvalue weighted by Gasteiger charge is 2.16. The fraction of sp³-hybridized carbons (Fsp3) is 0.429. The minimum absolute atomic E-state index is 0.0921. The molecule has 1 aromatic carbocycles. The summed E-state index contributed by atoms with van der Waals surface area (Å²) in [6.07, 6.45) is 5.89. The Balaban J connectivity index is 1.75. The molecule has 20 heavy (non-hydrogen) atoms. The number of hydrogen-bond acceptors (Lipinski definition) is 3. The minimum Gasteiger partial charge on any atom is -0.386 e. The molecule has 1 aromatic rings. The minimum atomic E-state index is -0.147. The van der Waals surface area contributed by atoms with E-state index in [4.69, 9.17) is 28.0 Å². The van der Waals surface area contributed by atoms with Crippen LogP contribution in [0.1, 0.15) is 31.2 Å². The van der Waals surface area contributed by atoms with Gasteiger partial charge in [0, 0.05) is 11.6 Å². The van der Waals surface area contributed by atoms with Crippen molar-refractivity contribution >= 4 is 35.3 Å². The monoisotopic (exact) mass is 314 g/mol. The number of hydrogen-bond donors (Lipinski definition) is 1. The molecule has 1 aliphatic rings. The lowest BCUT2D eigenvalue weighted by Gasteiger charge is -2.10. The summed E-state index contributed by atoms with van der Waals surface area (Å²) in [5.41, 5.74) is 0.648.